The molecule has 4 rings (SSSR count). The molecule has 3 aromatic rings. The van der Waals surface area contributed by atoms with Crippen molar-refractivity contribution in [1.82, 2.24) is 9.55 Å². The summed E-state index contributed by atoms with van der Waals surface area (Å²) in [4.78, 5) is 21.8. The molecule has 0 atom stereocenters. The Morgan fingerprint density at radius 2 is 2.00 bits per heavy atom. The van der Waals surface area contributed by atoms with E-state index in [1.54, 1.807) is 18.0 Å². The number of aliphatic imine (C=N–C) groups is 1. The molecule has 118 valence electrons. The summed E-state index contributed by atoms with van der Waals surface area (Å²) in [6.07, 6.45) is 4.51. The van der Waals surface area contributed by atoms with Crippen molar-refractivity contribution in [2.24, 2.45) is 4.99 Å². The first kappa shape index (κ1) is 14.9. The van der Waals surface area contributed by atoms with Gasteiger partial charge in [0.05, 0.1) is 24.1 Å². The molecule has 5 heteroatoms. The SMILES string of the molecule is CSc1ccc2c(c1)C(c1ccccc1)=NCc1ncc(C=O)n1-2. The fourth-order valence-electron chi connectivity index (χ4n) is 2.98. The topological polar surface area (TPSA) is 47.2 Å². The minimum absolute atomic E-state index is 0.446. The van der Waals surface area contributed by atoms with Crippen LogP contribution in [0, 0.1) is 0 Å². The van der Waals surface area contributed by atoms with E-state index in [1.807, 2.05) is 28.8 Å². The van der Waals surface area contributed by atoms with Crippen molar-refractivity contribution in [1.29, 1.82) is 0 Å². The van der Waals surface area contributed by atoms with Crippen LogP contribution in [-0.2, 0) is 6.54 Å². The number of imidazole rings is 1. The zero-order valence-corrected chi connectivity index (χ0v) is 14.0. The highest BCUT2D eigenvalue weighted by Crippen LogP contribution is 2.29. The molecule has 0 spiro atoms. The Morgan fingerprint density at radius 1 is 1.17 bits per heavy atom. The van der Waals surface area contributed by atoms with E-state index in [9.17, 15) is 4.79 Å². The van der Waals surface area contributed by atoms with Crippen LogP contribution in [0.15, 0.2) is 64.6 Å². The van der Waals surface area contributed by atoms with Gasteiger partial charge in [0.25, 0.3) is 0 Å². The summed E-state index contributed by atoms with van der Waals surface area (Å²) in [5, 5.41) is 0. The summed E-state index contributed by atoms with van der Waals surface area (Å²) >= 11 is 1.69. The van der Waals surface area contributed by atoms with E-state index in [2.05, 4.69) is 35.5 Å². The quantitative estimate of drug-likeness (QED) is 0.542. The molecule has 0 N–H and O–H groups in total. The first-order valence-corrected chi connectivity index (χ1v) is 8.84. The molecule has 0 radical (unpaired) electrons. The van der Waals surface area contributed by atoms with Gasteiger partial charge in [-0.05, 0) is 24.5 Å². The normalized spacial score (nSPS) is 12.8. The Bertz CT molecular complexity index is 945. The minimum atomic E-state index is 0.446. The Labute approximate surface area is 144 Å². The molecule has 0 aliphatic carbocycles. The second-order valence-electron chi connectivity index (χ2n) is 5.47. The van der Waals surface area contributed by atoms with E-state index in [4.69, 9.17) is 4.99 Å². The zero-order chi connectivity index (χ0) is 16.5. The van der Waals surface area contributed by atoms with Crippen molar-refractivity contribution in [3.8, 4) is 5.69 Å². The van der Waals surface area contributed by atoms with Crippen molar-refractivity contribution in [3.63, 3.8) is 0 Å². The predicted molar refractivity (Wildman–Crippen MR) is 96.5 cm³/mol. The average Bonchev–Trinajstić information content (AvgIpc) is 2.98. The summed E-state index contributed by atoms with van der Waals surface area (Å²) in [6, 6.07) is 16.4. The van der Waals surface area contributed by atoms with Crippen molar-refractivity contribution in [2.75, 3.05) is 6.26 Å². The zero-order valence-electron chi connectivity index (χ0n) is 13.1. The lowest BCUT2D eigenvalue weighted by molar-refractivity contribution is 0.111. The monoisotopic (exact) mass is 333 g/mol. The van der Waals surface area contributed by atoms with Gasteiger partial charge in [0.2, 0.25) is 0 Å². The van der Waals surface area contributed by atoms with E-state index < -0.39 is 0 Å². The van der Waals surface area contributed by atoms with Gasteiger partial charge in [-0.1, -0.05) is 30.3 Å². The third-order valence-electron chi connectivity index (χ3n) is 4.11. The lowest BCUT2D eigenvalue weighted by Crippen LogP contribution is -2.09. The van der Waals surface area contributed by atoms with E-state index in [0.29, 0.717) is 12.2 Å². The first-order valence-electron chi connectivity index (χ1n) is 7.62. The fourth-order valence-corrected chi connectivity index (χ4v) is 3.42. The molecule has 0 fully saturated rings. The Hall–Kier alpha value is -2.66. The molecule has 1 aliphatic rings. The number of fused-ring (bicyclic) bond motifs is 3. The number of carbonyl (C=O) groups excluding carboxylic acids is 1. The van der Waals surface area contributed by atoms with Gasteiger partial charge in [0.1, 0.15) is 11.5 Å². The van der Waals surface area contributed by atoms with E-state index in [-0.39, 0.29) is 0 Å². The third-order valence-corrected chi connectivity index (χ3v) is 4.83. The van der Waals surface area contributed by atoms with Crippen LogP contribution in [0.25, 0.3) is 5.69 Å². The molecule has 1 aromatic heterocycles. The molecule has 2 aromatic carbocycles. The van der Waals surface area contributed by atoms with Gasteiger partial charge in [-0.25, -0.2) is 4.98 Å². The van der Waals surface area contributed by atoms with Gasteiger partial charge in [0.15, 0.2) is 6.29 Å². The van der Waals surface area contributed by atoms with E-state index in [0.717, 1.165) is 39.5 Å². The number of nitrogens with zero attached hydrogens (tertiary/aromatic N) is 3. The molecule has 0 saturated carbocycles. The summed E-state index contributed by atoms with van der Waals surface area (Å²) < 4.78 is 1.91. The standard InChI is InChI=1S/C19H15N3OS/c1-24-15-7-8-17-16(9-15)19(13-5-3-2-4-6-13)21-11-18-20-10-14(12-23)22(17)18/h2-10,12H,11H2,1H3. The highest BCUT2D eigenvalue weighted by molar-refractivity contribution is 7.98. The largest absolute Gasteiger partial charge is 0.296 e. The number of thioether (sulfide) groups is 1. The van der Waals surface area contributed by atoms with Gasteiger partial charge >= 0.3 is 0 Å². The van der Waals surface area contributed by atoms with Gasteiger partial charge in [-0.3, -0.25) is 14.4 Å². The number of hydrogen-bond acceptors (Lipinski definition) is 4. The molecule has 2 heterocycles. The smallest absolute Gasteiger partial charge is 0.168 e. The Morgan fingerprint density at radius 3 is 2.75 bits per heavy atom. The number of benzene rings is 2. The van der Waals surface area contributed by atoms with Crippen LogP contribution in [-0.4, -0.2) is 27.8 Å². The van der Waals surface area contributed by atoms with Crippen LogP contribution in [0.4, 0.5) is 0 Å². The van der Waals surface area contributed by atoms with Gasteiger partial charge in [0, 0.05) is 16.0 Å². The highest BCUT2D eigenvalue weighted by atomic mass is 32.2. The van der Waals surface area contributed by atoms with Crippen molar-refractivity contribution >= 4 is 23.8 Å². The second kappa shape index (κ2) is 6.09. The van der Waals surface area contributed by atoms with E-state index in [1.165, 1.54) is 0 Å². The lowest BCUT2D eigenvalue weighted by atomic mass is 10.0. The molecule has 1 aliphatic heterocycles. The van der Waals surface area contributed by atoms with Crippen LogP contribution >= 0.6 is 11.8 Å². The first-order chi connectivity index (χ1) is 11.8. The summed E-state index contributed by atoms with van der Waals surface area (Å²) in [7, 11) is 0. The third kappa shape index (κ3) is 2.37. The maximum absolute atomic E-state index is 11.4. The van der Waals surface area contributed by atoms with Crippen LogP contribution in [0.5, 0.6) is 0 Å². The number of hydrogen-bond donors (Lipinski definition) is 0. The van der Waals surface area contributed by atoms with E-state index >= 15 is 0 Å². The van der Waals surface area contributed by atoms with Crippen LogP contribution in [0.3, 0.4) is 0 Å². The minimum Gasteiger partial charge on any atom is -0.296 e. The second-order valence-corrected chi connectivity index (χ2v) is 6.35. The van der Waals surface area contributed by atoms with Crippen LogP contribution < -0.4 is 0 Å². The number of aromatic nitrogens is 2. The molecule has 0 unspecified atom stereocenters. The Kier molecular flexibility index (Phi) is 3.78. The fraction of sp³-hybridized carbons (Fsp3) is 0.105. The van der Waals surface area contributed by atoms with Crippen molar-refractivity contribution in [2.45, 2.75) is 11.4 Å². The average molecular weight is 333 g/mol. The molecule has 0 saturated heterocycles. The van der Waals surface area contributed by atoms with Gasteiger partial charge in [-0.2, -0.15) is 0 Å². The molecule has 0 bridgehead atoms. The van der Waals surface area contributed by atoms with Crippen LogP contribution in [0.1, 0.15) is 27.4 Å². The van der Waals surface area contributed by atoms with Crippen LogP contribution in [0.2, 0.25) is 0 Å². The number of carbonyl (C=O) groups is 1. The molecular formula is C19H15N3OS. The van der Waals surface area contributed by atoms with Gasteiger partial charge in [-0.15, -0.1) is 11.8 Å². The Balaban J connectivity index is 2.01. The summed E-state index contributed by atoms with van der Waals surface area (Å²) in [6.45, 7) is 0.446. The molecular weight excluding hydrogens is 318 g/mol. The van der Waals surface area contributed by atoms with Crippen molar-refractivity contribution in [3.05, 3.63) is 77.4 Å². The maximum atomic E-state index is 11.4. The summed E-state index contributed by atoms with van der Waals surface area (Å²) in [5.74, 6) is 0.779. The molecule has 0 amide bonds. The summed E-state index contributed by atoms with van der Waals surface area (Å²) in [5.41, 5.74) is 4.52. The number of rotatable bonds is 3. The number of aldehydes is 1. The molecule has 4 nitrogen and oxygen atoms in total. The maximum Gasteiger partial charge on any atom is 0.168 e. The van der Waals surface area contributed by atoms with Crippen molar-refractivity contribution < 1.29 is 4.79 Å². The predicted octanol–water partition coefficient (Wildman–Crippen LogP) is 3.76. The highest BCUT2D eigenvalue weighted by Gasteiger charge is 2.21. The van der Waals surface area contributed by atoms with Gasteiger partial charge < -0.3 is 0 Å². The lowest BCUT2D eigenvalue weighted by Gasteiger charge is -2.14. The molecule has 24 heavy (non-hydrogen) atoms.